The summed E-state index contributed by atoms with van der Waals surface area (Å²) in [5, 5.41) is 4.39. The zero-order chi connectivity index (χ0) is 16.9. The van der Waals surface area contributed by atoms with Gasteiger partial charge in [-0.05, 0) is 38.1 Å². The number of halogens is 1. The lowest BCUT2D eigenvalue weighted by Gasteiger charge is -2.32. The summed E-state index contributed by atoms with van der Waals surface area (Å²) in [5.41, 5.74) is 0. The highest BCUT2D eigenvalue weighted by Crippen LogP contribution is 2.12. The standard InChI is InChI=1S/C17H23FN4O2/c1-13-19-14(2)22(20-13)12-17-11-21(8-10-24-17)7-9-23-16-5-3-15(18)4-6-16/h3-6,17H,7-12H2,1-2H3/t17-/m1/s1. The molecule has 1 atom stereocenters. The van der Waals surface area contributed by atoms with Crippen molar-refractivity contribution in [3.05, 3.63) is 41.7 Å². The van der Waals surface area contributed by atoms with Crippen LogP contribution in [0.5, 0.6) is 5.75 Å². The van der Waals surface area contributed by atoms with Crippen LogP contribution in [-0.4, -0.2) is 58.6 Å². The van der Waals surface area contributed by atoms with E-state index in [4.69, 9.17) is 9.47 Å². The molecule has 0 saturated carbocycles. The van der Waals surface area contributed by atoms with Gasteiger partial charge in [0.2, 0.25) is 0 Å². The molecule has 0 bridgehead atoms. The van der Waals surface area contributed by atoms with Gasteiger partial charge in [0.05, 0.1) is 19.3 Å². The van der Waals surface area contributed by atoms with Gasteiger partial charge in [-0.25, -0.2) is 14.1 Å². The molecule has 0 amide bonds. The van der Waals surface area contributed by atoms with Crippen molar-refractivity contribution in [2.45, 2.75) is 26.5 Å². The molecular weight excluding hydrogens is 311 g/mol. The monoisotopic (exact) mass is 334 g/mol. The van der Waals surface area contributed by atoms with Crippen LogP contribution in [0.15, 0.2) is 24.3 Å². The van der Waals surface area contributed by atoms with Crippen LogP contribution < -0.4 is 4.74 Å². The van der Waals surface area contributed by atoms with Gasteiger partial charge in [-0.2, -0.15) is 5.10 Å². The summed E-state index contributed by atoms with van der Waals surface area (Å²) in [6.07, 6.45) is 0.101. The molecule has 1 fully saturated rings. The molecule has 7 heteroatoms. The van der Waals surface area contributed by atoms with Crippen molar-refractivity contribution in [1.82, 2.24) is 19.7 Å². The van der Waals surface area contributed by atoms with E-state index in [-0.39, 0.29) is 11.9 Å². The number of ether oxygens (including phenoxy) is 2. The molecule has 0 radical (unpaired) electrons. The molecule has 130 valence electrons. The van der Waals surface area contributed by atoms with Crippen LogP contribution in [0.25, 0.3) is 0 Å². The summed E-state index contributed by atoms with van der Waals surface area (Å²) in [7, 11) is 0. The summed E-state index contributed by atoms with van der Waals surface area (Å²) in [6.45, 7) is 8.37. The number of benzene rings is 1. The molecule has 24 heavy (non-hydrogen) atoms. The lowest BCUT2D eigenvalue weighted by atomic mass is 10.2. The first kappa shape index (κ1) is 16.9. The van der Waals surface area contributed by atoms with Gasteiger partial charge >= 0.3 is 0 Å². The molecule has 6 nitrogen and oxygen atoms in total. The Morgan fingerprint density at radius 2 is 2.08 bits per heavy atom. The van der Waals surface area contributed by atoms with Crippen LogP contribution >= 0.6 is 0 Å². The fraction of sp³-hybridized carbons (Fsp3) is 0.529. The Bertz CT molecular complexity index is 659. The van der Waals surface area contributed by atoms with Crippen molar-refractivity contribution in [2.75, 3.05) is 32.8 Å². The number of nitrogens with zero attached hydrogens (tertiary/aromatic N) is 4. The molecule has 2 aromatic rings. The number of rotatable bonds is 6. The van der Waals surface area contributed by atoms with Crippen LogP contribution in [0.3, 0.4) is 0 Å². The number of morpholine rings is 1. The fourth-order valence-electron chi connectivity index (χ4n) is 2.84. The van der Waals surface area contributed by atoms with Gasteiger partial charge in [0.15, 0.2) is 0 Å². The molecule has 1 saturated heterocycles. The predicted molar refractivity (Wildman–Crippen MR) is 87.6 cm³/mol. The van der Waals surface area contributed by atoms with E-state index < -0.39 is 0 Å². The minimum absolute atomic E-state index is 0.101. The molecule has 1 aromatic heterocycles. The van der Waals surface area contributed by atoms with E-state index in [9.17, 15) is 4.39 Å². The van der Waals surface area contributed by atoms with Gasteiger partial charge in [-0.15, -0.1) is 0 Å². The van der Waals surface area contributed by atoms with E-state index in [1.807, 2.05) is 18.5 Å². The number of aromatic nitrogens is 3. The Kier molecular flexibility index (Phi) is 5.42. The highest BCUT2D eigenvalue weighted by Gasteiger charge is 2.21. The molecule has 0 unspecified atom stereocenters. The van der Waals surface area contributed by atoms with Crippen molar-refractivity contribution in [1.29, 1.82) is 0 Å². The first-order valence-corrected chi connectivity index (χ1v) is 8.20. The molecule has 0 spiro atoms. The maximum Gasteiger partial charge on any atom is 0.147 e. The molecule has 3 rings (SSSR count). The average Bonchev–Trinajstić information content (AvgIpc) is 2.87. The molecule has 0 aliphatic carbocycles. The van der Waals surface area contributed by atoms with E-state index in [2.05, 4.69) is 15.0 Å². The number of hydrogen-bond donors (Lipinski definition) is 0. The second kappa shape index (κ2) is 7.72. The summed E-state index contributed by atoms with van der Waals surface area (Å²) < 4.78 is 26.3. The van der Waals surface area contributed by atoms with Crippen LogP contribution in [0.2, 0.25) is 0 Å². The van der Waals surface area contributed by atoms with Gasteiger partial charge in [0.25, 0.3) is 0 Å². The zero-order valence-electron chi connectivity index (χ0n) is 14.1. The Hall–Kier alpha value is -1.99. The summed E-state index contributed by atoms with van der Waals surface area (Å²) in [5.74, 6) is 2.13. The van der Waals surface area contributed by atoms with Crippen LogP contribution in [0, 0.1) is 19.7 Å². The van der Waals surface area contributed by atoms with Crippen LogP contribution in [0.1, 0.15) is 11.6 Å². The molecular formula is C17H23FN4O2. The fourth-order valence-corrected chi connectivity index (χ4v) is 2.84. The quantitative estimate of drug-likeness (QED) is 0.806. The van der Waals surface area contributed by atoms with Gasteiger partial charge in [-0.1, -0.05) is 0 Å². The van der Waals surface area contributed by atoms with Crippen molar-refractivity contribution in [2.24, 2.45) is 0 Å². The van der Waals surface area contributed by atoms with Crippen molar-refractivity contribution in [3.8, 4) is 5.75 Å². The molecule has 0 N–H and O–H groups in total. The highest BCUT2D eigenvalue weighted by atomic mass is 19.1. The maximum absolute atomic E-state index is 12.9. The molecule has 1 aliphatic heterocycles. The van der Waals surface area contributed by atoms with Crippen LogP contribution in [0.4, 0.5) is 4.39 Å². The van der Waals surface area contributed by atoms with Gasteiger partial charge in [-0.3, -0.25) is 4.90 Å². The normalized spacial score (nSPS) is 18.7. The third kappa shape index (κ3) is 4.52. The second-order valence-corrected chi connectivity index (χ2v) is 5.98. The third-order valence-electron chi connectivity index (χ3n) is 4.05. The third-order valence-corrected chi connectivity index (χ3v) is 4.05. The van der Waals surface area contributed by atoms with E-state index in [0.717, 1.165) is 31.3 Å². The van der Waals surface area contributed by atoms with Gasteiger partial charge in [0.1, 0.15) is 29.8 Å². The minimum atomic E-state index is -0.253. The smallest absolute Gasteiger partial charge is 0.147 e. The Labute approximate surface area is 141 Å². The summed E-state index contributed by atoms with van der Waals surface area (Å²) >= 11 is 0. The first-order chi connectivity index (χ1) is 11.6. The largest absolute Gasteiger partial charge is 0.492 e. The summed E-state index contributed by atoms with van der Waals surface area (Å²) in [4.78, 5) is 6.64. The second-order valence-electron chi connectivity index (χ2n) is 5.98. The zero-order valence-corrected chi connectivity index (χ0v) is 14.1. The van der Waals surface area contributed by atoms with E-state index in [1.54, 1.807) is 12.1 Å². The van der Waals surface area contributed by atoms with Crippen molar-refractivity contribution >= 4 is 0 Å². The van der Waals surface area contributed by atoms with Gasteiger partial charge in [0, 0.05) is 19.6 Å². The summed E-state index contributed by atoms with van der Waals surface area (Å²) in [6, 6.07) is 6.10. The predicted octanol–water partition coefficient (Wildman–Crippen LogP) is 1.81. The Morgan fingerprint density at radius 1 is 1.29 bits per heavy atom. The maximum atomic E-state index is 12.9. The molecule has 1 aromatic carbocycles. The Morgan fingerprint density at radius 3 is 2.79 bits per heavy atom. The first-order valence-electron chi connectivity index (χ1n) is 8.20. The van der Waals surface area contributed by atoms with E-state index in [1.165, 1.54) is 12.1 Å². The van der Waals surface area contributed by atoms with E-state index in [0.29, 0.717) is 25.5 Å². The Balaban J connectivity index is 1.45. The lowest BCUT2D eigenvalue weighted by molar-refractivity contribution is -0.0404. The minimum Gasteiger partial charge on any atom is -0.492 e. The van der Waals surface area contributed by atoms with Gasteiger partial charge < -0.3 is 9.47 Å². The SMILES string of the molecule is Cc1nc(C)n(C[C@H]2CN(CCOc3ccc(F)cc3)CCO2)n1. The average molecular weight is 334 g/mol. The number of hydrogen-bond acceptors (Lipinski definition) is 5. The lowest BCUT2D eigenvalue weighted by Crippen LogP contribution is -2.45. The van der Waals surface area contributed by atoms with E-state index >= 15 is 0 Å². The topological polar surface area (TPSA) is 52.4 Å². The van der Waals surface area contributed by atoms with Crippen molar-refractivity contribution in [3.63, 3.8) is 0 Å². The molecule has 1 aliphatic rings. The van der Waals surface area contributed by atoms with Crippen LogP contribution in [-0.2, 0) is 11.3 Å². The highest BCUT2D eigenvalue weighted by molar-refractivity contribution is 5.21. The van der Waals surface area contributed by atoms with Crippen molar-refractivity contribution < 1.29 is 13.9 Å². The number of aryl methyl sites for hydroxylation is 2. The molecule has 2 heterocycles.